The van der Waals surface area contributed by atoms with Crippen LogP contribution in [0.25, 0.3) is 0 Å². The lowest BCUT2D eigenvalue weighted by Gasteiger charge is -2.37. The second kappa shape index (κ2) is 8.23. The number of aryl methyl sites for hydroxylation is 1. The van der Waals surface area contributed by atoms with E-state index in [9.17, 15) is 14.0 Å². The molecule has 152 valence electrons. The highest BCUT2D eigenvalue weighted by molar-refractivity contribution is 6.00. The van der Waals surface area contributed by atoms with Gasteiger partial charge in [-0.3, -0.25) is 9.59 Å². The summed E-state index contributed by atoms with van der Waals surface area (Å²) < 4.78 is 13.1. The molecule has 0 radical (unpaired) electrons. The van der Waals surface area contributed by atoms with Gasteiger partial charge >= 0.3 is 0 Å². The van der Waals surface area contributed by atoms with E-state index in [0.717, 1.165) is 17.8 Å². The van der Waals surface area contributed by atoms with E-state index < -0.39 is 0 Å². The first-order chi connectivity index (χ1) is 14.0. The van der Waals surface area contributed by atoms with Crippen LogP contribution in [0.15, 0.2) is 48.5 Å². The lowest BCUT2D eigenvalue weighted by atomic mass is 10.1. The van der Waals surface area contributed by atoms with E-state index in [1.54, 1.807) is 17.0 Å². The Morgan fingerprint density at radius 1 is 0.966 bits per heavy atom. The fourth-order valence-corrected chi connectivity index (χ4v) is 4.13. The molecule has 2 saturated heterocycles. The van der Waals surface area contributed by atoms with Gasteiger partial charge in [0.2, 0.25) is 11.8 Å². The van der Waals surface area contributed by atoms with E-state index in [0.29, 0.717) is 32.7 Å². The van der Waals surface area contributed by atoms with Crippen molar-refractivity contribution in [3.05, 3.63) is 59.9 Å². The number of carbonyl (C=O) groups is 2. The largest absolute Gasteiger partial charge is 0.368 e. The molecule has 5 nitrogen and oxygen atoms in total. The van der Waals surface area contributed by atoms with Gasteiger partial charge in [-0.15, -0.1) is 0 Å². The number of rotatable bonds is 4. The zero-order valence-electron chi connectivity index (χ0n) is 16.7. The Bertz CT molecular complexity index is 874. The molecule has 0 aliphatic carbocycles. The smallest absolute Gasteiger partial charge is 0.228 e. The minimum absolute atomic E-state index is 0.0116. The van der Waals surface area contributed by atoms with Crippen molar-refractivity contribution in [1.82, 2.24) is 4.90 Å². The lowest BCUT2D eigenvalue weighted by molar-refractivity contribution is -0.136. The summed E-state index contributed by atoms with van der Waals surface area (Å²) >= 11 is 0. The van der Waals surface area contributed by atoms with Crippen molar-refractivity contribution in [3.63, 3.8) is 0 Å². The van der Waals surface area contributed by atoms with Crippen LogP contribution in [-0.4, -0.2) is 49.4 Å². The summed E-state index contributed by atoms with van der Waals surface area (Å²) in [6, 6.07) is 14.4. The number of piperazine rings is 1. The van der Waals surface area contributed by atoms with Gasteiger partial charge in [0.1, 0.15) is 5.82 Å². The summed E-state index contributed by atoms with van der Waals surface area (Å²) in [6.07, 6.45) is 1.23. The molecule has 2 aliphatic heterocycles. The van der Waals surface area contributed by atoms with Crippen molar-refractivity contribution >= 4 is 23.2 Å². The molecule has 2 amide bonds. The maximum atomic E-state index is 13.1. The van der Waals surface area contributed by atoms with Gasteiger partial charge in [-0.2, -0.15) is 0 Å². The monoisotopic (exact) mass is 395 g/mol. The molecule has 0 aromatic heterocycles. The van der Waals surface area contributed by atoms with Crippen LogP contribution in [0.4, 0.5) is 15.8 Å². The van der Waals surface area contributed by atoms with Gasteiger partial charge in [0.05, 0.1) is 5.92 Å². The van der Waals surface area contributed by atoms with Crippen LogP contribution in [0.2, 0.25) is 0 Å². The molecule has 1 atom stereocenters. The van der Waals surface area contributed by atoms with Gasteiger partial charge in [-0.1, -0.05) is 19.1 Å². The van der Waals surface area contributed by atoms with Crippen molar-refractivity contribution in [2.75, 3.05) is 42.5 Å². The first kappa shape index (κ1) is 19.4. The number of carbonyl (C=O) groups excluding carboxylic acids is 2. The quantitative estimate of drug-likeness (QED) is 0.799. The molecular formula is C23H26FN3O2. The summed E-state index contributed by atoms with van der Waals surface area (Å²) in [6.45, 7) is 5.19. The number of nitrogens with zero attached hydrogens (tertiary/aromatic N) is 3. The van der Waals surface area contributed by atoms with E-state index in [2.05, 4.69) is 11.8 Å². The average Bonchev–Trinajstić information content (AvgIpc) is 3.15. The van der Waals surface area contributed by atoms with E-state index in [4.69, 9.17) is 0 Å². The highest BCUT2D eigenvalue weighted by atomic mass is 19.1. The molecule has 2 aromatic rings. The molecule has 2 aliphatic rings. The molecule has 2 heterocycles. The molecule has 0 saturated carbocycles. The summed E-state index contributed by atoms with van der Waals surface area (Å²) in [5.74, 6) is -0.463. The van der Waals surface area contributed by atoms with Crippen LogP contribution < -0.4 is 9.80 Å². The zero-order chi connectivity index (χ0) is 20.4. The van der Waals surface area contributed by atoms with Crippen LogP contribution in [0, 0.1) is 11.7 Å². The third-order valence-corrected chi connectivity index (χ3v) is 5.91. The van der Waals surface area contributed by atoms with Gasteiger partial charge in [-0.25, -0.2) is 4.39 Å². The molecule has 2 aromatic carbocycles. The van der Waals surface area contributed by atoms with Gasteiger partial charge in [0.15, 0.2) is 0 Å². The third kappa shape index (κ3) is 4.11. The second-order valence-corrected chi connectivity index (χ2v) is 7.71. The first-order valence-corrected chi connectivity index (χ1v) is 10.2. The highest BCUT2D eigenvalue weighted by Crippen LogP contribution is 2.27. The Labute approximate surface area is 170 Å². The molecule has 0 unspecified atom stereocenters. The van der Waals surface area contributed by atoms with Crippen molar-refractivity contribution in [2.24, 2.45) is 5.92 Å². The number of halogens is 1. The van der Waals surface area contributed by atoms with E-state index in [1.807, 2.05) is 29.2 Å². The zero-order valence-corrected chi connectivity index (χ0v) is 16.7. The molecule has 6 heteroatoms. The van der Waals surface area contributed by atoms with Crippen molar-refractivity contribution in [1.29, 1.82) is 0 Å². The Morgan fingerprint density at radius 3 is 2.21 bits per heavy atom. The van der Waals surface area contributed by atoms with Crippen LogP contribution in [-0.2, 0) is 16.0 Å². The van der Waals surface area contributed by atoms with Crippen molar-refractivity contribution < 1.29 is 14.0 Å². The lowest BCUT2D eigenvalue weighted by Crippen LogP contribution is -2.50. The Balaban J connectivity index is 1.35. The molecule has 0 bridgehead atoms. The number of amides is 2. The van der Waals surface area contributed by atoms with Crippen LogP contribution >= 0.6 is 0 Å². The Hall–Kier alpha value is -2.89. The summed E-state index contributed by atoms with van der Waals surface area (Å²) in [7, 11) is 0. The standard InChI is InChI=1S/C23H26FN3O2/c1-2-17-3-7-21(8-4-17)27-16-18(15-22(27)28)23(29)26-13-11-25(12-14-26)20-9-5-19(24)6-10-20/h3-10,18H,2,11-16H2,1H3/t18-/m0/s1. The molecule has 29 heavy (non-hydrogen) atoms. The van der Waals surface area contributed by atoms with Gasteiger partial charge in [-0.05, 0) is 48.4 Å². The Morgan fingerprint density at radius 2 is 1.59 bits per heavy atom. The third-order valence-electron chi connectivity index (χ3n) is 5.91. The maximum absolute atomic E-state index is 13.1. The minimum Gasteiger partial charge on any atom is -0.368 e. The topological polar surface area (TPSA) is 43.9 Å². The minimum atomic E-state index is -0.286. The van der Waals surface area contributed by atoms with Gasteiger partial charge in [0.25, 0.3) is 0 Å². The second-order valence-electron chi connectivity index (χ2n) is 7.71. The van der Waals surface area contributed by atoms with E-state index in [1.165, 1.54) is 17.7 Å². The van der Waals surface area contributed by atoms with Crippen LogP contribution in [0.5, 0.6) is 0 Å². The van der Waals surface area contributed by atoms with E-state index in [-0.39, 0.29) is 30.0 Å². The fraction of sp³-hybridized carbons (Fsp3) is 0.391. The fourth-order valence-electron chi connectivity index (χ4n) is 4.13. The number of hydrogen-bond donors (Lipinski definition) is 0. The first-order valence-electron chi connectivity index (χ1n) is 10.2. The molecule has 2 fully saturated rings. The molecule has 4 rings (SSSR count). The van der Waals surface area contributed by atoms with Crippen LogP contribution in [0.3, 0.4) is 0 Å². The highest BCUT2D eigenvalue weighted by Gasteiger charge is 2.37. The summed E-state index contributed by atoms with van der Waals surface area (Å²) in [4.78, 5) is 31.3. The number of benzene rings is 2. The average molecular weight is 395 g/mol. The summed E-state index contributed by atoms with van der Waals surface area (Å²) in [5, 5.41) is 0. The summed E-state index contributed by atoms with van der Waals surface area (Å²) in [5.41, 5.74) is 3.06. The molecule has 0 N–H and O–H groups in total. The van der Waals surface area contributed by atoms with E-state index >= 15 is 0 Å². The maximum Gasteiger partial charge on any atom is 0.228 e. The predicted molar refractivity (Wildman–Crippen MR) is 111 cm³/mol. The predicted octanol–water partition coefficient (Wildman–Crippen LogP) is 3.09. The molecule has 0 spiro atoms. The van der Waals surface area contributed by atoms with Crippen molar-refractivity contribution in [2.45, 2.75) is 19.8 Å². The molecular weight excluding hydrogens is 369 g/mol. The Kier molecular flexibility index (Phi) is 5.51. The van der Waals surface area contributed by atoms with Crippen molar-refractivity contribution in [3.8, 4) is 0 Å². The number of anilines is 2. The van der Waals surface area contributed by atoms with Crippen LogP contribution in [0.1, 0.15) is 18.9 Å². The van der Waals surface area contributed by atoms with Gasteiger partial charge < -0.3 is 14.7 Å². The number of hydrogen-bond acceptors (Lipinski definition) is 3. The SMILES string of the molecule is CCc1ccc(N2C[C@@H](C(=O)N3CCN(c4ccc(F)cc4)CC3)CC2=O)cc1. The van der Waals surface area contributed by atoms with Gasteiger partial charge in [0, 0.05) is 50.5 Å². The normalized spacial score (nSPS) is 19.7.